The molecule has 0 radical (unpaired) electrons. The number of rotatable bonds is 3. The van der Waals surface area contributed by atoms with Crippen LogP contribution in [0.1, 0.15) is 31.6 Å². The van der Waals surface area contributed by atoms with Gasteiger partial charge in [0.05, 0.1) is 6.10 Å². The lowest BCUT2D eigenvalue weighted by Crippen LogP contribution is -2.71. The van der Waals surface area contributed by atoms with Crippen LogP contribution in [0.5, 0.6) is 0 Å². The highest BCUT2D eigenvalue weighted by Gasteiger charge is 2.58. The average Bonchev–Trinajstić information content (AvgIpc) is 3.16. The zero-order chi connectivity index (χ0) is 18.1. The largest absolute Gasteiger partial charge is 0.377 e. The summed E-state index contributed by atoms with van der Waals surface area (Å²) in [4.78, 5) is 11.0. The highest BCUT2D eigenvalue weighted by atomic mass is 127. The van der Waals surface area contributed by atoms with E-state index >= 15 is 0 Å². The van der Waals surface area contributed by atoms with Gasteiger partial charge in [-0.1, -0.05) is 19.9 Å². The summed E-state index contributed by atoms with van der Waals surface area (Å²) < 4.78 is 6.05. The van der Waals surface area contributed by atoms with E-state index < -0.39 is 0 Å². The summed E-state index contributed by atoms with van der Waals surface area (Å²) in [5, 5.41) is 5.97. The van der Waals surface area contributed by atoms with Gasteiger partial charge < -0.3 is 15.0 Å². The van der Waals surface area contributed by atoms with Gasteiger partial charge in [-0.05, 0) is 24.3 Å². The molecule has 0 bridgehead atoms. The summed E-state index contributed by atoms with van der Waals surface area (Å²) in [6.45, 7) is 11.0. The molecule has 3 heterocycles. The number of piperazine rings is 1. The van der Waals surface area contributed by atoms with Crippen molar-refractivity contribution in [1.82, 2.24) is 15.1 Å². The molecule has 3 atom stereocenters. The van der Waals surface area contributed by atoms with Crippen LogP contribution in [0.15, 0.2) is 22.5 Å². The van der Waals surface area contributed by atoms with Crippen molar-refractivity contribution in [2.75, 3.05) is 39.8 Å². The molecule has 3 aliphatic rings. The lowest BCUT2D eigenvalue weighted by Gasteiger charge is -2.60. The molecule has 27 heavy (non-hydrogen) atoms. The van der Waals surface area contributed by atoms with Crippen LogP contribution in [-0.4, -0.2) is 67.7 Å². The van der Waals surface area contributed by atoms with Crippen LogP contribution in [0.3, 0.4) is 0 Å². The maximum atomic E-state index is 6.05. The number of fused-ring (bicyclic) bond motifs is 1. The molecule has 0 amide bonds. The van der Waals surface area contributed by atoms with Crippen molar-refractivity contribution in [3.05, 3.63) is 22.4 Å². The van der Waals surface area contributed by atoms with E-state index in [1.54, 1.807) is 0 Å². The van der Waals surface area contributed by atoms with E-state index in [1.165, 1.54) is 17.7 Å². The van der Waals surface area contributed by atoms with E-state index in [2.05, 4.69) is 51.5 Å². The maximum Gasteiger partial charge on any atom is 0.193 e. The second-order valence-corrected chi connectivity index (χ2v) is 9.46. The summed E-state index contributed by atoms with van der Waals surface area (Å²) in [6.07, 6.45) is 2.88. The summed E-state index contributed by atoms with van der Waals surface area (Å²) in [6, 6.07) is 4.85. The third-order valence-electron chi connectivity index (χ3n) is 6.46. The number of halogens is 1. The van der Waals surface area contributed by atoms with Crippen molar-refractivity contribution in [3.63, 3.8) is 0 Å². The molecule has 152 valence electrons. The number of hydrogen-bond acceptors (Lipinski definition) is 4. The third-order valence-corrected chi connectivity index (χ3v) is 7.32. The van der Waals surface area contributed by atoms with E-state index in [9.17, 15) is 0 Å². The molecular weight excluding hydrogens is 471 g/mol. The summed E-state index contributed by atoms with van der Waals surface area (Å²) in [7, 11) is 1.92. The molecule has 0 spiro atoms. The van der Waals surface area contributed by atoms with Crippen LogP contribution >= 0.6 is 35.3 Å². The number of nitrogens with one attached hydrogen (secondary N) is 1. The second kappa shape index (κ2) is 8.97. The molecule has 3 unspecified atom stereocenters. The fourth-order valence-electron chi connectivity index (χ4n) is 4.99. The summed E-state index contributed by atoms with van der Waals surface area (Å²) >= 11 is 1.85. The molecule has 1 saturated carbocycles. The van der Waals surface area contributed by atoms with Gasteiger partial charge in [-0.25, -0.2) is 0 Å². The Morgan fingerprint density at radius 1 is 1.33 bits per heavy atom. The third kappa shape index (κ3) is 4.31. The molecule has 3 fully saturated rings. The smallest absolute Gasteiger partial charge is 0.193 e. The first-order chi connectivity index (χ1) is 12.6. The quantitative estimate of drug-likeness (QED) is 0.390. The van der Waals surface area contributed by atoms with Crippen molar-refractivity contribution in [2.24, 2.45) is 16.3 Å². The van der Waals surface area contributed by atoms with Gasteiger partial charge in [-0.3, -0.25) is 9.89 Å². The van der Waals surface area contributed by atoms with Gasteiger partial charge in [-0.2, -0.15) is 0 Å². The number of nitrogens with zero attached hydrogens (tertiary/aromatic N) is 3. The van der Waals surface area contributed by atoms with E-state index in [0.29, 0.717) is 18.1 Å². The maximum absolute atomic E-state index is 6.05. The normalized spacial score (nSPS) is 30.9. The first kappa shape index (κ1) is 21.3. The van der Waals surface area contributed by atoms with Gasteiger partial charge in [0.15, 0.2) is 5.96 Å². The number of ether oxygens (including phenoxy) is 1. The predicted octanol–water partition coefficient (Wildman–Crippen LogP) is 3.26. The minimum Gasteiger partial charge on any atom is -0.377 e. The second-order valence-electron chi connectivity index (χ2n) is 8.43. The van der Waals surface area contributed by atoms with Crippen molar-refractivity contribution in [1.29, 1.82) is 0 Å². The molecule has 1 aromatic rings. The van der Waals surface area contributed by atoms with Crippen LogP contribution < -0.4 is 5.32 Å². The van der Waals surface area contributed by atoms with Gasteiger partial charge in [0.1, 0.15) is 0 Å². The first-order valence-corrected chi connectivity index (χ1v) is 10.8. The Balaban J connectivity index is 0.00000210. The van der Waals surface area contributed by atoms with Crippen LogP contribution in [0, 0.1) is 11.3 Å². The molecule has 1 aliphatic carbocycles. The predicted molar refractivity (Wildman–Crippen MR) is 123 cm³/mol. The zero-order valence-corrected chi connectivity index (χ0v) is 19.8. The van der Waals surface area contributed by atoms with E-state index in [-0.39, 0.29) is 29.4 Å². The molecule has 2 aliphatic heterocycles. The van der Waals surface area contributed by atoms with E-state index in [4.69, 9.17) is 4.74 Å². The van der Waals surface area contributed by atoms with E-state index in [0.717, 1.165) is 45.3 Å². The Bertz CT molecular complexity index is 628. The van der Waals surface area contributed by atoms with Gasteiger partial charge in [0.2, 0.25) is 0 Å². The standard InChI is InChI=1S/C20H32N4OS.HI/c1-20(2)17(16-7-4-12-25-18(16)20)22-19(21-3)24-10-8-23(9-11-24)14-15-6-5-13-26-15;/h5-6,13,16-18H,4,7-12,14H2,1-3H3,(H,21,22);1H. The molecule has 0 aromatic carbocycles. The molecular formula is C20H33IN4OS. The van der Waals surface area contributed by atoms with Crippen LogP contribution in [-0.2, 0) is 11.3 Å². The van der Waals surface area contributed by atoms with Crippen molar-refractivity contribution >= 4 is 41.3 Å². The monoisotopic (exact) mass is 504 g/mol. The Labute approximate surface area is 184 Å². The first-order valence-electron chi connectivity index (χ1n) is 9.94. The Morgan fingerprint density at radius 2 is 2.11 bits per heavy atom. The van der Waals surface area contributed by atoms with Gasteiger partial charge >= 0.3 is 0 Å². The minimum atomic E-state index is 0. The number of guanidine groups is 1. The van der Waals surface area contributed by atoms with E-state index in [1.807, 2.05) is 18.4 Å². The highest BCUT2D eigenvalue weighted by molar-refractivity contribution is 14.0. The molecule has 5 nitrogen and oxygen atoms in total. The fraction of sp³-hybridized carbons (Fsp3) is 0.750. The Hall–Kier alpha value is -0.380. The Morgan fingerprint density at radius 3 is 2.78 bits per heavy atom. The van der Waals surface area contributed by atoms with Crippen molar-refractivity contribution in [2.45, 2.75) is 45.4 Å². The highest BCUT2D eigenvalue weighted by Crippen LogP contribution is 2.51. The lowest BCUT2D eigenvalue weighted by atomic mass is 9.55. The SMILES string of the molecule is CN=C(NC1C2CCCOC2C1(C)C)N1CCN(Cc2cccs2)CC1.I. The van der Waals surface area contributed by atoms with Crippen LogP contribution in [0.2, 0.25) is 0 Å². The average molecular weight is 504 g/mol. The van der Waals surface area contributed by atoms with Gasteiger partial charge in [-0.15, -0.1) is 35.3 Å². The lowest BCUT2D eigenvalue weighted by molar-refractivity contribution is -0.188. The van der Waals surface area contributed by atoms with Gasteiger partial charge in [0, 0.05) is 68.6 Å². The molecule has 1 aromatic heterocycles. The zero-order valence-electron chi connectivity index (χ0n) is 16.7. The number of thiophene rings is 1. The van der Waals surface area contributed by atoms with Gasteiger partial charge in [0.25, 0.3) is 0 Å². The van der Waals surface area contributed by atoms with Crippen molar-refractivity contribution < 1.29 is 4.74 Å². The fourth-order valence-corrected chi connectivity index (χ4v) is 5.74. The molecule has 1 N–H and O–H groups in total. The molecule has 2 saturated heterocycles. The summed E-state index contributed by atoms with van der Waals surface area (Å²) in [5.41, 5.74) is 0.183. The topological polar surface area (TPSA) is 40.1 Å². The van der Waals surface area contributed by atoms with Crippen LogP contribution in [0.25, 0.3) is 0 Å². The number of hydrogen-bond donors (Lipinski definition) is 1. The summed E-state index contributed by atoms with van der Waals surface area (Å²) in [5.74, 6) is 1.71. The molecule has 4 rings (SSSR count). The number of aliphatic imine (C=N–C) groups is 1. The minimum absolute atomic E-state index is 0. The molecule has 7 heteroatoms. The van der Waals surface area contributed by atoms with Crippen LogP contribution in [0.4, 0.5) is 0 Å². The Kier molecular flexibility index (Phi) is 7.08. The van der Waals surface area contributed by atoms with Crippen molar-refractivity contribution in [3.8, 4) is 0 Å².